The number of carboxylic acid groups (broad SMARTS) is 1. The molecule has 158 valence electrons. The van der Waals surface area contributed by atoms with Gasteiger partial charge in [0.25, 0.3) is 11.6 Å². The Bertz CT molecular complexity index is 1160. The van der Waals surface area contributed by atoms with Gasteiger partial charge in [-0.25, -0.2) is 0 Å². The van der Waals surface area contributed by atoms with Crippen LogP contribution in [0.3, 0.4) is 0 Å². The zero-order valence-electron chi connectivity index (χ0n) is 15.3. The number of non-ortho nitro benzene ring substituents is 1. The molecule has 0 radical (unpaired) electrons. The first kappa shape index (κ1) is 21.9. The Hall–Kier alpha value is -3.84. The van der Waals surface area contributed by atoms with Crippen molar-refractivity contribution in [3.05, 3.63) is 73.2 Å². The maximum absolute atomic E-state index is 12.5. The highest BCUT2D eigenvalue weighted by Crippen LogP contribution is 2.38. The van der Waals surface area contributed by atoms with E-state index in [2.05, 4.69) is 0 Å². The maximum Gasteiger partial charge on any atom is 0.323 e. The van der Waals surface area contributed by atoms with E-state index in [4.69, 9.17) is 22.1 Å². The van der Waals surface area contributed by atoms with E-state index in [0.717, 1.165) is 34.9 Å². The summed E-state index contributed by atoms with van der Waals surface area (Å²) in [6, 6.07) is 9.28. The molecule has 0 aliphatic carbocycles. The molecule has 1 N–H and O–H groups in total. The number of hydrogen-bond donors (Lipinski definition) is 1. The van der Waals surface area contributed by atoms with E-state index in [1.165, 1.54) is 12.1 Å². The number of hydrogen-bond acceptors (Lipinski definition) is 9. The lowest BCUT2D eigenvalue weighted by Gasteiger charge is -2.11. The van der Waals surface area contributed by atoms with Crippen LogP contribution >= 0.6 is 24.0 Å². The number of ether oxygens (including phenoxy) is 1. The van der Waals surface area contributed by atoms with E-state index in [0.29, 0.717) is 5.56 Å². The molecule has 0 bridgehead atoms. The zero-order valence-corrected chi connectivity index (χ0v) is 16.9. The van der Waals surface area contributed by atoms with Gasteiger partial charge in [-0.3, -0.25) is 34.7 Å². The third kappa shape index (κ3) is 4.84. The maximum atomic E-state index is 12.5. The Kier molecular flexibility index (Phi) is 6.27. The second-order valence-corrected chi connectivity index (χ2v) is 7.64. The third-order valence-electron chi connectivity index (χ3n) is 3.94. The van der Waals surface area contributed by atoms with Gasteiger partial charge in [0.2, 0.25) is 5.75 Å². The SMILES string of the molecule is O=C(O)CN1C(=O)/C(=C\c2ccccc2Oc2ccc([N+](=O)[O-])cc2[N+](=O)[O-])SC1=S. The fourth-order valence-electron chi connectivity index (χ4n) is 2.57. The van der Waals surface area contributed by atoms with Crippen molar-refractivity contribution < 1.29 is 29.3 Å². The van der Waals surface area contributed by atoms with E-state index in [9.17, 15) is 29.8 Å². The van der Waals surface area contributed by atoms with Gasteiger partial charge in [0, 0.05) is 11.6 Å². The summed E-state index contributed by atoms with van der Waals surface area (Å²) >= 11 is 5.96. The molecule has 0 aromatic heterocycles. The van der Waals surface area contributed by atoms with E-state index in [1.54, 1.807) is 18.2 Å². The number of benzene rings is 2. The lowest BCUT2D eigenvalue weighted by molar-refractivity contribution is -0.394. The van der Waals surface area contributed by atoms with Gasteiger partial charge in [0.05, 0.1) is 20.8 Å². The Morgan fingerprint density at radius 3 is 2.52 bits per heavy atom. The monoisotopic (exact) mass is 461 g/mol. The number of carbonyl (C=O) groups is 2. The molecule has 0 unspecified atom stereocenters. The van der Waals surface area contributed by atoms with Crippen molar-refractivity contribution in [2.75, 3.05) is 6.54 Å². The minimum absolute atomic E-state index is 0.0862. The highest BCUT2D eigenvalue weighted by atomic mass is 32.2. The second-order valence-electron chi connectivity index (χ2n) is 5.97. The molecule has 1 amide bonds. The van der Waals surface area contributed by atoms with Crippen LogP contribution in [0.2, 0.25) is 0 Å². The topological polar surface area (TPSA) is 153 Å². The average molecular weight is 461 g/mol. The molecule has 1 saturated heterocycles. The Morgan fingerprint density at radius 1 is 1.16 bits per heavy atom. The molecule has 0 atom stereocenters. The van der Waals surface area contributed by atoms with Crippen LogP contribution in [0.1, 0.15) is 5.56 Å². The minimum Gasteiger partial charge on any atom is -0.480 e. The Morgan fingerprint density at radius 2 is 1.87 bits per heavy atom. The molecule has 1 heterocycles. The molecule has 11 nitrogen and oxygen atoms in total. The largest absolute Gasteiger partial charge is 0.480 e. The van der Waals surface area contributed by atoms with E-state index in [1.807, 2.05) is 0 Å². The van der Waals surface area contributed by atoms with Crippen LogP contribution in [-0.4, -0.2) is 42.6 Å². The van der Waals surface area contributed by atoms with Crippen molar-refractivity contribution in [3.8, 4) is 11.5 Å². The lowest BCUT2D eigenvalue weighted by atomic mass is 10.1. The van der Waals surface area contributed by atoms with Gasteiger partial charge in [0.15, 0.2) is 0 Å². The van der Waals surface area contributed by atoms with Crippen LogP contribution in [-0.2, 0) is 9.59 Å². The molecule has 3 rings (SSSR count). The molecule has 31 heavy (non-hydrogen) atoms. The van der Waals surface area contributed by atoms with Crippen LogP contribution in [0.5, 0.6) is 11.5 Å². The minimum atomic E-state index is -1.22. The van der Waals surface area contributed by atoms with Crippen LogP contribution in [0.15, 0.2) is 47.4 Å². The van der Waals surface area contributed by atoms with E-state index in [-0.39, 0.29) is 20.7 Å². The number of rotatable bonds is 7. The number of carboxylic acids is 1. The number of thiocarbonyl (C=S) groups is 1. The standard InChI is InChI=1S/C18H11N3O8S2/c22-16(23)9-19-17(24)15(31-18(19)30)7-10-3-1-2-4-13(10)29-14-6-5-11(20(25)26)8-12(14)21(27)28/h1-8H,9H2,(H,22,23)/b15-7+. The quantitative estimate of drug-likeness (QED) is 0.280. The number of nitrogens with zero attached hydrogens (tertiary/aromatic N) is 3. The van der Waals surface area contributed by atoms with E-state index >= 15 is 0 Å². The molecule has 1 aliphatic heterocycles. The molecule has 2 aromatic rings. The summed E-state index contributed by atoms with van der Waals surface area (Å²) in [6.45, 7) is -0.574. The van der Waals surface area contributed by atoms with E-state index < -0.39 is 39.6 Å². The average Bonchev–Trinajstić information content (AvgIpc) is 2.96. The highest BCUT2D eigenvalue weighted by Gasteiger charge is 2.33. The number of amides is 1. The Labute approximate surface area is 183 Å². The first-order valence-corrected chi connectivity index (χ1v) is 9.56. The van der Waals surface area contributed by atoms with Crippen molar-refractivity contribution in [3.63, 3.8) is 0 Å². The molecule has 0 saturated carbocycles. The first-order chi connectivity index (χ1) is 14.7. The van der Waals surface area contributed by atoms with Crippen LogP contribution in [0.4, 0.5) is 11.4 Å². The van der Waals surface area contributed by atoms with Crippen molar-refractivity contribution >= 4 is 57.6 Å². The van der Waals surface area contributed by atoms with Crippen molar-refractivity contribution in [2.45, 2.75) is 0 Å². The second kappa shape index (κ2) is 8.89. The summed E-state index contributed by atoms with van der Waals surface area (Å²) in [4.78, 5) is 45.1. The summed E-state index contributed by atoms with van der Waals surface area (Å²) in [5, 5.41) is 31.1. The van der Waals surface area contributed by atoms with Crippen LogP contribution in [0.25, 0.3) is 6.08 Å². The van der Waals surface area contributed by atoms with Gasteiger partial charge in [-0.05, 0) is 18.2 Å². The molecular formula is C18H11N3O8S2. The highest BCUT2D eigenvalue weighted by molar-refractivity contribution is 8.26. The summed E-state index contributed by atoms with van der Waals surface area (Å²) in [5.74, 6) is -1.89. The summed E-state index contributed by atoms with van der Waals surface area (Å²) in [6.07, 6.45) is 1.42. The number of aliphatic carboxylic acids is 1. The fraction of sp³-hybridized carbons (Fsp3) is 0.0556. The van der Waals surface area contributed by atoms with Crippen LogP contribution < -0.4 is 4.74 Å². The van der Waals surface area contributed by atoms with Crippen molar-refractivity contribution in [1.82, 2.24) is 4.90 Å². The molecule has 1 aliphatic rings. The first-order valence-electron chi connectivity index (χ1n) is 8.34. The number of thioether (sulfide) groups is 1. The molecular weight excluding hydrogens is 450 g/mol. The normalized spacial score (nSPS) is 14.7. The number of para-hydroxylation sites is 1. The number of nitro benzene ring substituents is 2. The van der Waals surface area contributed by atoms with Crippen molar-refractivity contribution in [2.24, 2.45) is 0 Å². The van der Waals surface area contributed by atoms with Crippen molar-refractivity contribution in [1.29, 1.82) is 0 Å². The third-order valence-corrected chi connectivity index (χ3v) is 5.32. The molecule has 1 fully saturated rings. The number of nitro groups is 2. The molecule has 0 spiro atoms. The predicted molar refractivity (Wildman–Crippen MR) is 114 cm³/mol. The zero-order chi connectivity index (χ0) is 22.7. The lowest BCUT2D eigenvalue weighted by Crippen LogP contribution is -2.33. The molecule has 2 aromatic carbocycles. The van der Waals surface area contributed by atoms with Gasteiger partial charge in [0.1, 0.15) is 16.6 Å². The van der Waals surface area contributed by atoms with Gasteiger partial charge in [-0.1, -0.05) is 42.2 Å². The smallest absolute Gasteiger partial charge is 0.323 e. The van der Waals surface area contributed by atoms with Gasteiger partial charge < -0.3 is 9.84 Å². The number of carbonyl (C=O) groups excluding carboxylic acids is 1. The predicted octanol–water partition coefficient (Wildman–Crippen LogP) is 3.58. The summed E-state index contributed by atoms with van der Waals surface area (Å²) in [5.41, 5.74) is -0.697. The van der Waals surface area contributed by atoms with Gasteiger partial charge in [-0.2, -0.15) is 0 Å². The van der Waals surface area contributed by atoms with Crippen LogP contribution in [0, 0.1) is 20.2 Å². The Balaban J connectivity index is 1.96. The summed E-state index contributed by atoms with van der Waals surface area (Å²) < 4.78 is 5.72. The fourth-order valence-corrected chi connectivity index (χ4v) is 3.82. The van der Waals surface area contributed by atoms with Gasteiger partial charge in [-0.15, -0.1) is 0 Å². The van der Waals surface area contributed by atoms with Gasteiger partial charge >= 0.3 is 11.7 Å². The molecule has 13 heteroatoms. The summed E-state index contributed by atoms with van der Waals surface area (Å²) in [7, 11) is 0.